The highest BCUT2D eigenvalue weighted by Gasteiger charge is 2.05. The Kier molecular flexibility index (Phi) is 3.86. The number of rotatable bonds is 3. The van der Waals surface area contributed by atoms with Gasteiger partial charge in [-0.25, -0.2) is 0 Å². The molecular weight excluding hydrogens is 244 g/mol. The summed E-state index contributed by atoms with van der Waals surface area (Å²) in [7, 11) is 0. The van der Waals surface area contributed by atoms with Gasteiger partial charge in [0.15, 0.2) is 0 Å². The maximum Gasteiger partial charge on any atom is 0.0992 e. The fraction of sp³-hybridized carbons (Fsp3) is 0.133. The molecule has 90 valence electrons. The van der Waals surface area contributed by atoms with Gasteiger partial charge < -0.3 is 5.32 Å². The highest BCUT2D eigenvalue weighted by molar-refractivity contribution is 6.30. The summed E-state index contributed by atoms with van der Waals surface area (Å²) in [4.78, 5) is 0. The predicted molar refractivity (Wildman–Crippen MR) is 74.6 cm³/mol. The summed E-state index contributed by atoms with van der Waals surface area (Å²) in [6, 6.07) is 17.5. The molecule has 0 aliphatic carbocycles. The quantitative estimate of drug-likeness (QED) is 0.884. The summed E-state index contributed by atoms with van der Waals surface area (Å²) in [5.41, 5.74) is 2.75. The van der Waals surface area contributed by atoms with Gasteiger partial charge in [-0.3, -0.25) is 0 Å². The van der Waals surface area contributed by atoms with Crippen molar-refractivity contribution in [2.75, 3.05) is 5.32 Å². The maximum atomic E-state index is 8.85. The number of hydrogen-bond donors (Lipinski definition) is 1. The van der Waals surface area contributed by atoms with E-state index in [1.807, 2.05) is 42.5 Å². The van der Waals surface area contributed by atoms with Crippen molar-refractivity contribution in [3.8, 4) is 6.07 Å². The van der Waals surface area contributed by atoms with E-state index in [9.17, 15) is 0 Å². The highest BCUT2D eigenvalue weighted by atomic mass is 35.5. The monoisotopic (exact) mass is 256 g/mol. The molecule has 2 rings (SSSR count). The van der Waals surface area contributed by atoms with Gasteiger partial charge >= 0.3 is 0 Å². The lowest BCUT2D eigenvalue weighted by molar-refractivity contribution is 0.885. The zero-order chi connectivity index (χ0) is 13.0. The number of halogens is 1. The van der Waals surface area contributed by atoms with Gasteiger partial charge in [-0.2, -0.15) is 5.26 Å². The smallest absolute Gasteiger partial charge is 0.0992 e. The van der Waals surface area contributed by atoms with E-state index >= 15 is 0 Å². The molecule has 18 heavy (non-hydrogen) atoms. The van der Waals surface area contributed by atoms with E-state index in [0.29, 0.717) is 5.56 Å². The first kappa shape index (κ1) is 12.5. The predicted octanol–water partition coefficient (Wildman–Crippen LogP) is 4.38. The second-order valence-electron chi connectivity index (χ2n) is 4.11. The lowest BCUT2D eigenvalue weighted by atomic mass is 10.1. The zero-order valence-corrected chi connectivity index (χ0v) is 10.8. The number of anilines is 1. The number of nitrogens with zero attached hydrogens (tertiary/aromatic N) is 1. The van der Waals surface area contributed by atoms with Crippen LogP contribution >= 0.6 is 11.6 Å². The number of nitrogens with one attached hydrogen (secondary N) is 1. The lowest BCUT2D eigenvalue weighted by Crippen LogP contribution is -2.06. The summed E-state index contributed by atoms with van der Waals surface area (Å²) in [5.74, 6) is 0. The fourth-order valence-corrected chi connectivity index (χ4v) is 1.89. The SMILES string of the molecule is CC(Nc1cccc(C#N)c1)c1ccc(Cl)cc1. The first-order chi connectivity index (χ1) is 8.69. The third-order valence-electron chi connectivity index (χ3n) is 2.74. The fourth-order valence-electron chi connectivity index (χ4n) is 1.76. The van der Waals surface area contributed by atoms with Gasteiger partial charge in [0.25, 0.3) is 0 Å². The van der Waals surface area contributed by atoms with Crippen LogP contribution in [0.1, 0.15) is 24.1 Å². The van der Waals surface area contributed by atoms with Gasteiger partial charge in [0, 0.05) is 16.8 Å². The molecule has 0 radical (unpaired) electrons. The minimum Gasteiger partial charge on any atom is -0.378 e. The third kappa shape index (κ3) is 3.03. The van der Waals surface area contributed by atoms with Crippen LogP contribution in [0.5, 0.6) is 0 Å². The molecule has 2 aromatic carbocycles. The molecule has 3 heteroatoms. The summed E-state index contributed by atoms with van der Waals surface area (Å²) < 4.78 is 0. The van der Waals surface area contributed by atoms with Crippen LogP contribution in [0.4, 0.5) is 5.69 Å². The van der Waals surface area contributed by atoms with Gasteiger partial charge in [0.2, 0.25) is 0 Å². The van der Waals surface area contributed by atoms with E-state index in [1.165, 1.54) is 0 Å². The summed E-state index contributed by atoms with van der Waals surface area (Å²) in [5, 5.41) is 12.9. The second kappa shape index (κ2) is 5.57. The Labute approximate surface area is 112 Å². The molecule has 0 bridgehead atoms. The van der Waals surface area contributed by atoms with Gasteiger partial charge in [0.1, 0.15) is 0 Å². The molecule has 0 aromatic heterocycles. The van der Waals surface area contributed by atoms with Crippen LogP contribution in [-0.2, 0) is 0 Å². The Hall–Kier alpha value is -1.98. The molecule has 0 amide bonds. The average molecular weight is 257 g/mol. The van der Waals surface area contributed by atoms with Crippen molar-refractivity contribution in [2.24, 2.45) is 0 Å². The molecule has 1 unspecified atom stereocenters. The Balaban J connectivity index is 2.13. The average Bonchev–Trinajstić information content (AvgIpc) is 2.39. The number of hydrogen-bond acceptors (Lipinski definition) is 2. The Morgan fingerprint density at radius 1 is 1.17 bits per heavy atom. The van der Waals surface area contributed by atoms with Crippen LogP contribution in [-0.4, -0.2) is 0 Å². The van der Waals surface area contributed by atoms with Gasteiger partial charge in [0.05, 0.1) is 11.6 Å². The van der Waals surface area contributed by atoms with Crippen molar-refractivity contribution in [1.82, 2.24) is 0 Å². The molecule has 0 saturated heterocycles. The van der Waals surface area contributed by atoms with Crippen LogP contribution < -0.4 is 5.32 Å². The van der Waals surface area contributed by atoms with Crippen molar-refractivity contribution in [3.05, 3.63) is 64.7 Å². The molecule has 2 aromatic rings. The van der Waals surface area contributed by atoms with Gasteiger partial charge in [-0.1, -0.05) is 29.8 Å². The molecule has 1 N–H and O–H groups in total. The Bertz CT molecular complexity index is 570. The molecule has 0 aliphatic rings. The molecule has 0 heterocycles. The van der Waals surface area contributed by atoms with E-state index in [-0.39, 0.29) is 6.04 Å². The Morgan fingerprint density at radius 2 is 1.89 bits per heavy atom. The second-order valence-corrected chi connectivity index (χ2v) is 4.55. The van der Waals surface area contributed by atoms with E-state index in [4.69, 9.17) is 16.9 Å². The van der Waals surface area contributed by atoms with Crippen LogP contribution in [0.2, 0.25) is 5.02 Å². The maximum absolute atomic E-state index is 8.85. The molecule has 0 saturated carbocycles. The highest BCUT2D eigenvalue weighted by Crippen LogP contribution is 2.21. The van der Waals surface area contributed by atoms with Crippen LogP contribution in [0, 0.1) is 11.3 Å². The number of benzene rings is 2. The summed E-state index contributed by atoms with van der Waals surface area (Å²) in [6.45, 7) is 2.07. The molecular formula is C15H13ClN2. The Morgan fingerprint density at radius 3 is 2.56 bits per heavy atom. The zero-order valence-electron chi connectivity index (χ0n) is 10.0. The van der Waals surface area contributed by atoms with E-state index in [2.05, 4.69) is 18.3 Å². The first-order valence-electron chi connectivity index (χ1n) is 5.71. The van der Waals surface area contributed by atoms with Crippen molar-refractivity contribution in [3.63, 3.8) is 0 Å². The van der Waals surface area contributed by atoms with Crippen molar-refractivity contribution in [1.29, 1.82) is 5.26 Å². The van der Waals surface area contributed by atoms with Gasteiger partial charge in [-0.15, -0.1) is 0 Å². The summed E-state index contributed by atoms with van der Waals surface area (Å²) >= 11 is 5.86. The van der Waals surface area contributed by atoms with E-state index < -0.39 is 0 Å². The number of nitriles is 1. The topological polar surface area (TPSA) is 35.8 Å². The van der Waals surface area contributed by atoms with Crippen molar-refractivity contribution < 1.29 is 0 Å². The molecule has 0 spiro atoms. The van der Waals surface area contributed by atoms with Gasteiger partial charge in [-0.05, 0) is 42.8 Å². The first-order valence-corrected chi connectivity index (χ1v) is 6.09. The summed E-state index contributed by atoms with van der Waals surface area (Å²) in [6.07, 6.45) is 0. The van der Waals surface area contributed by atoms with E-state index in [1.54, 1.807) is 6.07 Å². The largest absolute Gasteiger partial charge is 0.378 e. The molecule has 1 atom stereocenters. The van der Waals surface area contributed by atoms with Crippen LogP contribution in [0.25, 0.3) is 0 Å². The van der Waals surface area contributed by atoms with Crippen molar-refractivity contribution in [2.45, 2.75) is 13.0 Å². The minimum absolute atomic E-state index is 0.163. The van der Waals surface area contributed by atoms with Crippen molar-refractivity contribution >= 4 is 17.3 Å². The van der Waals surface area contributed by atoms with Crippen LogP contribution in [0.15, 0.2) is 48.5 Å². The van der Waals surface area contributed by atoms with Crippen LogP contribution in [0.3, 0.4) is 0 Å². The lowest BCUT2D eigenvalue weighted by Gasteiger charge is -2.15. The molecule has 0 fully saturated rings. The van der Waals surface area contributed by atoms with E-state index in [0.717, 1.165) is 16.3 Å². The third-order valence-corrected chi connectivity index (χ3v) is 3.00. The molecule has 0 aliphatic heterocycles. The molecule has 2 nitrogen and oxygen atoms in total. The normalized spacial score (nSPS) is 11.6. The standard InChI is InChI=1S/C15H13ClN2/c1-11(13-5-7-14(16)8-6-13)18-15-4-2-3-12(9-15)10-17/h2-9,11,18H,1H3. The minimum atomic E-state index is 0.163.